The number of amides is 2. The van der Waals surface area contributed by atoms with Crippen molar-refractivity contribution in [1.29, 1.82) is 0 Å². The van der Waals surface area contributed by atoms with Crippen LogP contribution in [0.4, 0.5) is 0 Å². The van der Waals surface area contributed by atoms with Gasteiger partial charge in [-0.2, -0.15) is 0 Å². The third kappa shape index (κ3) is 5.64. The molecular formula is C23H30N4O2. The lowest BCUT2D eigenvalue weighted by atomic mass is 10.1. The Kier molecular flexibility index (Phi) is 7.36. The van der Waals surface area contributed by atoms with Gasteiger partial charge in [0.05, 0.1) is 0 Å². The zero-order valence-corrected chi connectivity index (χ0v) is 17.4. The minimum absolute atomic E-state index is 0.0305. The van der Waals surface area contributed by atoms with Crippen LogP contribution in [0.2, 0.25) is 0 Å². The Morgan fingerprint density at radius 2 is 1.79 bits per heavy atom. The molecule has 0 radical (unpaired) electrons. The van der Waals surface area contributed by atoms with E-state index in [9.17, 15) is 9.59 Å². The van der Waals surface area contributed by atoms with Crippen molar-refractivity contribution < 1.29 is 9.59 Å². The molecule has 1 aromatic carbocycles. The average Bonchev–Trinajstić information content (AvgIpc) is 2.77. The summed E-state index contributed by atoms with van der Waals surface area (Å²) in [6.07, 6.45) is 3.54. The molecule has 0 aliphatic carbocycles. The van der Waals surface area contributed by atoms with Crippen LogP contribution in [0.15, 0.2) is 48.7 Å². The highest BCUT2D eigenvalue weighted by atomic mass is 16.2. The van der Waals surface area contributed by atoms with E-state index in [0.29, 0.717) is 30.9 Å². The van der Waals surface area contributed by atoms with Crippen molar-refractivity contribution in [1.82, 2.24) is 19.7 Å². The number of pyridine rings is 1. The highest BCUT2D eigenvalue weighted by Gasteiger charge is 2.23. The van der Waals surface area contributed by atoms with Crippen LogP contribution in [0.1, 0.15) is 46.2 Å². The number of carbonyl (C=O) groups excluding carboxylic acids is 2. The smallest absolute Gasteiger partial charge is 0.272 e. The number of nitrogens with zero attached hydrogens (tertiary/aromatic N) is 4. The Morgan fingerprint density at radius 1 is 1.07 bits per heavy atom. The molecule has 2 aromatic rings. The standard InChI is InChI=1S/C23H30N4O2/c1-3-4-12-25(2)23(29)21-17-20(10-11-24-21)22(28)27-15-13-26(14-16-27)18-19-8-6-5-7-9-19/h5-11,17H,3-4,12-16,18H2,1-2H3. The molecule has 0 N–H and O–H groups in total. The van der Waals surface area contributed by atoms with Gasteiger partial charge in [-0.15, -0.1) is 0 Å². The summed E-state index contributed by atoms with van der Waals surface area (Å²) in [4.78, 5) is 35.6. The summed E-state index contributed by atoms with van der Waals surface area (Å²) in [5.74, 6) is -0.169. The molecule has 1 aliphatic rings. The largest absolute Gasteiger partial charge is 0.340 e. The van der Waals surface area contributed by atoms with Gasteiger partial charge in [-0.05, 0) is 24.1 Å². The summed E-state index contributed by atoms with van der Waals surface area (Å²) in [6, 6.07) is 13.7. The zero-order valence-electron chi connectivity index (χ0n) is 17.4. The molecule has 0 unspecified atom stereocenters. The Labute approximate surface area is 173 Å². The van der Waals surface area contributed by atoms with Gasteiger partial charge in [0.2, 0.25) is 0 Å². The first-order valence-corrected chi connectivity index (χ1v) is 10.4. The van der Waals surface area contributed by atoms with E-state index >= 15 is 0 Å². The third-order valence-electron chi connectivity index (χ3n) is 5.33. The summed E-state index contributed by atoms with van der Waals surface area (Å²) >= 11 is 0. The Bertz CT molecular complexity index is 817. The van der Waals surface area contributed by atoms with Crippen LogP contribution in [-0.4, -0.2) is 71.3 Å². The number of hydrogen-bond acceptors (Lipinski definition) is 4. The summed E-state index contributed by atoms with van der Waals surface area (Å²) in [7, 11) is 1.78. The van der Waals surface area contributed by atoms with Gasteiger partial charge in [0.15, 0.2) is 0 Å². The van der Waals surface area contributed by atoms with Gasteiger partial charge >= 0.3 is 0 Å². The molecule has 1 fully saturated rings. The van der Waals surface area contributed by atoms with Crippen molar-refractivity contribution in [2.45, 2.75) is 26.3 Å². The maximum atomic E-state index is 12.9. The van der Waals surface area contributed by atoms with Crippen LogP contribution < -0.4 is 0 Å². The summed E-state index contributed by atoms with van der Waals surface area (Å²) in [6.45, 7) is 6.75. The van der Waals surface area contributed by atoms with Gasteiger partial charge in [-0.3, -0.25) is 19.5 Å². The number of rotatable bonds is 7. The highest BCUT2D eigenvalue weighted by Crippen LogP contribution is 2.13. The van der Waals surface area contributed by atoms with Crippen molar-refractivity contribution in [3.8, 4) is 0 Å². The van der Waals surface area contributed by atoms with E-state index in [4.69, 9.17) is 0 Å². The molecule has 6 heteroatoms. The second-order valence-corrected chi connectivity index (χ2v) is 7.56. The van der Waals surface area contributed by atoms with Crippen molar-refractivity contribution in [3.05, 3.63) is 65.5 Å². The fraction of sp³-hybridized carbons (Fsp3) is 0.435. The summed E-state index contributed by atoms with van der Waals surface area (Å²) in [5.41, 5.74) is 2.15. The van der Waals surface area contributed by atoms with Crippen molar-refractivity contribution in [3.63, 3.8) is 0 Å². The minimum Gasteiger partial charge on any atom is -0.340 e. The predicted molar refractivity (Wildman–Crippen MR) is 114 cm³/mol. The van der Waals surface area contributed by atoms with E-state index in [2.05, 4.69) is 41.1 Å². The van der Waals surface area contributed by atoms with Gasteiger partial charge in [-0.1, -0.05) is 43.7 Å². The quantitative estimate of drug-likeness (QED) is 0.725. The van der Waals surface area contributed by atoms with E-state index in [1.165, 1.54) is 5.56 Å². The molecule has 1 aromatic heterocycles. The molecule has 3 rings (SSSR count). The maximum absolute atomic E-state index is 12.9. The van der Waals surface area contributed by atoms with Gasteiger partial charge in [0.25, 0.3) is 11.8 Å². The first-order valence-electron chi connectivity index (χ1n) is 10.4. The molecule has 2 amide bonds. The van der Waals surface area contributed by atoms with Crippen LogP contribution in [0.5, 0.6) is 0 Å². The molecule has 0 atom stereocenters. The molecule has 6 nitrogen and oxygen atoms in total. The molecule has 154 valence electrons. The second-order valence-electron chi connectivity index (χ2n) is 7.56. The Morgan fingerprint density at radius 3 is 2.48 bits per heavy atom. The van der Waals surface area contributed by atoms with Gasteiger partial charge < -0.3 is 9.80 Å². The third-order valence-corrected chi connectivity index (χ3v) is 5.33. The predicted octanol–water partition coefficient (Wildman–Crippen LogP) is 2.91. The molecule has 0 spiro atoms. The minimum atomic E-state index is -0.138. The molecule has 0 saturated carbocycles. The Hall–Kier alpha value is -2.73. The number of hydrogen-bond donors (Lipinski definition) is 0. The summed E-state index contributed by atoms with van der Waals surface area (Å²) in [5, 5.41) is 0. The number of aromatic nitrogens is 1. The van der Waals surface area contributed by atoms with Crippen LogP contribution in [0.25, 0.3) is 0 Å². The lowest BCUT2D eigenvalue weighted by Crippen LogP contribution is -2.48. The number of benzene rings is 1. The lowest BCUT2D eigenvalue weighted by molar-refractivity contribution is 0.0628. The van der Waals surface area contributed by atoms with Gasteiger partial charge in [-0.25, -0.2) is 0 Å². The van der Waals surface area contributed by atoms with Crippen LogP contribution in [0.3, 0.4) is 0 Å². The second kappa shape index (κ2) is 10.2. The topological polar surface area (TPSA) is 56.8 Å². The molecule has 29 heavy (non-hydrogen) atoms. The van der Waals surface area contributed by atoms with E-state index in [-0.39, 0.29) is 11.8 Å². The monoisotopic (exact) mass is 394 g/mol. The van der Waals surface area contributed by atoms with Gasteiger partial charge in [0.1, 0.15) is 5.69 Å². The Balaban J connectivity index is 1.57. The molecule has 0 bridgehead atoms. The lowest BCUT2D eigenvalue weighted by Gasteiger charge is -2.34. The number of unbranched alkanes of at least 4 members (excludes halogenated alkanes) is 1. The molecular weight excluding hydrogens is 364 g/mol. The normalized spacial score (nSPS) is 14.6. The van der Waals surface area contributed by atoms with E-state index in [1.54, 1.807) is 30.3 Å². The van der Waals surface area contributed by atoms with E-state index in [0.717, 1.165) is 32.5 Å². The van der Waals surface area contributed by atoms with Gasteiger partial charge in [0, 0.05) is 58.1 Å². The molecule has 1 saturated heterocycles. The van der Waals surface area contributed by atoms with Crippen molar-refractivity contribution in [2.24, 2.45) is 0 Å². The summed E-state index contributed by atoms with van der Waals surface area (Å²) < 4.78 is 0. The molecule has 1 aliphatic heterocycles. The first kappa shape index (κ1) is 21.0. The fourth-order valence-electron chi connectivity index (χ4n) is 3.51. The first-order chi connectivity index (χ1) is 14.1. The van der Waals surface area contributed by atoms with Crippen LogP contribution >= 0.6 is 0 Å². The van der Waals surface area contributed by atoms with Crippen LogP contribution in [0, 0.1) is 0 Å². The fourth-order valence-corrected chi connectivity index (χ4v) is 3.51. The van der Waals surface area contributed by atoms with Crippen LogP contribution in [-0.2, 0) is 6.54 Å². The zero-order chi connectivity index (χ0) is 20.6. The SMILES string of the molecule is CCCCN(C)C(=O)c1cc(C(=O)N2CCN(Cc3ccccc3)CC2)ccn1. The molecule has 2 heterocycles. The highest BCUT2D eigenvalue weighted by molar-refractivity contribution is 5.98. The number of carbonyl (C=O) groups is 2. The average molecular weight is 395 g/mol. The van der Waals surface area contributed by atoms with Crippen molar-refractivity contribution >= 4 is 11.8 Å². The number of piperazine rings is 1. The van der Waals surface area contributed by atoms with Crippen molar-refractivity contribution in [2.75, 3.05) is 39.8 Å². The van der Waals surface area contributed by atoms with E-state index in [1.807, 2.05) is 11.0 Å². The van der Waals surface area contributed by atoms with E-state index < -0.39 is 0 Å². The maximum Gasteiger partial charge on any atom is 0.272 e.